The van der Waals surface area contributed by atoms with Crippen LogP contribution in [-0.4, -0.2) is 29.7 Å². The summed E-state index contributed by atoms with van der Waals surface area (Å²) in [6, 6.07) is 15.1. The fraction of sp³-hybridized carbons (Fsp3) is 0.250. The van der Waals surface area contributed by atoms with Crippen molar-refractivity contribution in [2.45, 2.75) is 19.9 Å². The average molecular weight is 333 g/mol. The quantitative estimate of drug-likeness (QED) is 0.873. The molecule has 0 atom stereocenters. The van der Waals surface area contributed by atoms with Crippen LogP contribution in [0.5, 0.6) is 0 Å². The number of fused-ring (bicyclic) bond motifs is 1. The van der Waals surface area contributed by atoms with E-state index in [0.717, 1.165) is 6.42 Å². The van der Waals surface area contributed by atoms with Gasteiger partial charge in [0.2, 0.25) is 5.91 Å². The van der Waals surface area contributed by atoms with Gasteiger partial charge in [-0.2, -0.15) is 5.26 Å². The zero-order valence-corrected chi connectivity index (χ0v) is 14.1. The molecular formula is C20H19N3O2. The van der Waals surface area contributed by atoms with Gasteiger partial charge in [0, 0.05) is 18.7 Å². The Kier molecular flexibility index (Phi) is 4.80. The SMILES string of the molecule is CC(=O)c1ccc(C#N)c(NCC(=O)N2CCc3ccccc3C2)c1. The third-order valence-electron chi connectivity index (χ3n) is 4.46. The number of ketones is 1. The molecule has 0 aromatic heterocycles. The number of hydrogen-bond donors (Lipinski definition) is 1. The van der Waals surface area contributed by atoms with E-state index in [1.807, 2.05) is 23.1 Å². The molecule has 3 rings (SSSR count). The fourth-order valence-electron chi connectivity index (χ4n) is 3.00. The molecule has 0 unspecified atom stereocenters. The number of nitriles is 1. The van der Waals surface area contributed by atoms with Gasteiger partial charge in [-0.15, -0.1) is 0 Å². The van der Waals surface area contributed by atoms with E-state index in [9.17, 15) is 14.9 Å². The number of benzene rings is 2. The molecule has 0 saturated carbocycles. The number of nitrogens with one attached hydrogen (secondary N) is 1. The Morgan fingerprint density at radius 3 is 2.68 bits per heavy atom. The second-order valence-corrected chi connectivity index (χ2v) is 6.12. The van der Waals surface area contributed by atoms with Crippen LogP contribution in [0.4, 0.5) is 5.69 Å². The van der Waals surface area contributed by atoms with Gasteiger partial charge in [-0.05, 0) is 42.7 Å². The summed E-state index contributed by atoms with van der Waals surface area (Å²) in [5.74, 6) is -0.0990. The predicted molar refractivity (Wildman–Crippen MR) is 95.2 cm³/mol. The molecule has 5 nitrogen and oxygen atoms in total. The highest BCUT2D eigenvalue weighted by Crippen LogP contribution is 2.20. The summed E-state index contributed by atoms with van der Waals surface area (Å²) in [6.07, 6.45) is 0.852. The number of Topliss-reactive ketones (excluding diaryl/α,β-unsaturated/α-hetero) is 1. The van der Waals surface area contributed by atoms with Crippen molar-refractivity contribution in [2.24, 2.45) is 0 Å². The van der Waals surface area contributed by atoms with Crippen molar-refractivity contribution in [2.75, 3.05) is 18.4 Å². The number of amides is 1. The molecule has 1 heterocycles. The van der Waals surface area contributed by atoms with Gasteiger partial charge in [-0.25, -0.2) is 0 Å². The van der Waals surface area contributed by atoms with Crippen molar-refractivity contribution in [1.29, 1.82) is 5.26 Å². The summed E-state index contributed by atoms with van der Waals surface area (Å²) < 4.78 is 0. The third-order valence-corrected chi connectivity index (χ3v) is 4.46. The van der Waals surface area contributed by atoms with Crippen molar-refractivity contribution < 1.29 is 9.59 Å². The average Bonchev–Trinajstić information content (AvgIpc) is 2.65. The Labute approximate surface area is 146 Å². The van der Waals surface area contributed by atoms with Crippen LogP contribution in [0.3, 0.4) is 0 Å². The summed E-state index contributed by atoms with van der Waals surface area (Å²) in [5, 5.41) is 12.2. The van der Waals surface area contributed by atoms with E-state index in [1.54, 1.807) is 18.2 Å². The van der Waals surface area contributed by atoms with Crippen LogP contribution >= 0.6 is 0 Å². The van der Waals surface area contributed by atoms with Gasteiger partial charge in [0.05, 0.1) is 17.8 Å². The highest BCUT2D eigenvalue weighted by atomic mass is 16.2. The Hall–Kier alpha value is -3.13. The first-order valence-corrected chi connectivity index (χ1v) is 8.22. The molecule has 126 valence electrons. The monoisotopic (exact) mass is 333 g/mol. The first-order chi connectivity index (χ1) is 12.1. The van der Waals surface area contributed by atoms with Crippen molar-refractivity contribution in [3.05, 3.63) is 64.7 Å². The zero-order chi connectivity index (χ0) is 17.8. The molecule has 1 aliphatic heterocycles. The first-order valence-electron chi connectivity index (χ1n) is 8.22. The molecule has 0 fully saturated rings. The van der Waals surface area contributed by atoms with E-state index in [2.05, 4.69) is 17.5 Å². The van der Waals surface area contributed by atoms with Gasteiger partial charge in [0.25, 0.3) is 0 Å². The molecule has 1 N–H and O–H groups in total. The lowest BCUT2D eigenvalue weighted by Gasteiger charge is -2.29. The molecule has 0 radical (unpaired) electrons. The molecule has 0 bridgehead atoms. The molecule has 2 aromatic carbocycles. The molecule has 0 saturated heterocycles. The highest BCUT2D eigenvalue weighted by molar-refractivity contribution is 5.95. The molecule has 5 heteroatoms. The second-order valence-electron chi connectivity index (χ2n) is 6.12. The molecular weight excluding hydrogens is 314 g/mol. The molecule has 1 amide bonds. The lowest BCUT2D eigenvalue weighted by atomic mass is 10.00. The van der Waals surface area contributed by atoms with Crippen LogP contribution in [0, 0.1) is 11.3 Å². The van der Waals surface area contributed by atoms with E-state index in [1.165, 1.54) is 18.1 Å². The van der Waals surface area contributed by atoms with Gasteiger partial charge in [-0.1, -0.05) is 24.3 Å². The molecule has 25 heavy (non-hydrogen) atoms. The third kappa shape index (κ3) is 3.69. The number of anilines is 1. The Morgan fingerprint density at radius 1 is 1.20 bits per heavy atom. The lowest BCUT2D eigenvalue weighted by molar-refractivity contribution is -0.130. The fourth-order valence-corrected chi connectivity index (χ4v) is 3.00. The van der Waals surface area contributed by atoms with Crippen molar-refractivity contribution in [3.8, 4) is 6.07 Å². The number of hydrogen-bond acceptors (Lipinski definition) is 4. The van der Waals surface area contributed by atoms with Gasteiger partial charge in [-0.3, -0.25) is 9.59 Å². The number of nitrogens with zero attached hydrogens (tertiary/aromatic N) is 2. The summed E-state index contributed by atoms with van der Waals surface area (Å²) in [5.41, 5.74) is 3.92. The number of carbonyl (C=O) groups is 2. The number of rotatable bonds is 4. The Morgan fingerprint density at radius 2 is 1.96 bits per heavy atom. The van der Waals surface area contributed by atoms with E-state index in [-0.39, 0.29) is 18.2 Å². The maximum atomic E-state index is 12.5. The lowest BCUT2D eigenvalue weighted by Crippen LogP contribution is -2.39. The summed E-state index contributed by atoms with van der Waals surface area (Å²) >= 11 is 0. The van der Waals surface area contributed by atoms with Gasteiger partial charge >= 0.3 is 0 Å². The van der Waals surface area contributed by atoms with Gasteiger partial charge in [0.1, 0.15) is 6.07 Å². The van der Waals surface area contributed by atoms with Crippen LogP contribution in [0.2, 0.25) is 0 Å². The largest absolute Gasteiger partial charge is 0.375 e. The predicted octanol–water partition coefficient (Wildman–Crippen LogP) is 2.76. The second kappa shape index (κ2) is 7.18. The van der Waals surface area contributed by atoms with Crippen molar-refractivity contribution in [1.82, 2.24) is 4.90 Å². The minimum Gasteiger partial charge on any atom is -0.375 e. The molecule has 1 aliphatic rings. The number of carbonyl (C=O) groups excluding carboxylic acids is 2. The van der Waals surface area contributed by atoms with E-state index < -0.39 is 0 Å². The van der Waals surface area contributed by atoms with Crippen LogP contribution in [-0.2, 0) is 17.8 Å². The van der Waals surface area contributed by atoms with Crippen molar-refractivity contribution >= 4 is 17.4 Å². The summed E-state index contributed by atoms with van der Waals surface area (Å²) in [4.78, 5) is 25.8. The minimum absolute atomic E-state index is 0.0216. The van der Waals surface area contributed by atoms with Gasteiger partial charge < -0.3 is 10.2 Å². The maximum Gasteiger partial charge on any atom is 0.242 e. The zero-order valence-electron chi connectivity index (χ0n) is 14.1. The standard InChI is InChI=1S/C20H19N3O2/c1-14(24)16-6-7-17(11-21)19(10-16)22-12-20(25)23-9-8-15-4-2-3-5-18(15)13-23/h2-7,10,22H,8-9,12-13H2,1H3. The van der Waals surface area contributed by atoms with E-state index in [0.29, 0.717) is 29.9 Å². The summed E-state index contributed by atoms with van der Waals surface area (Å²) in [7, 11) is 0. The topological polar surface area (TPSA) is 73.2 Å². The maximum absolute atomic E-state index is 12.5. The smallest absolute Gasteiger partial charge is 0.242 e. The van der Waals surface area contributed by atoms with Crippen LogP contribution in [0.25, 0.3) is 0 Å². The molecule has 2 aromatic rings. The van der Waals surface area contributed by atoms with Crippen LogP contribution < -0.4 is 5.32 Å². The van der Waals surface area contributed by atoms with Crippen LogP contribution in [0.1, 0.15) is 34.0 Å². The molecule has 0 spiro atoms. The van der Waals surface area contributed by atoms with E-state index >= 15 is 0 Å². The van der Waals surface area contributed by atoms with Crippen LogP contribution in [0.15, 0.2) is 42.5 Å². The highest BCUT2D eigenvalue weighted by Gasteiger charge is 2.20. The summed E-state index contributed by atoms with van der Waals surface area (Å²) in [6.45, 7) is 2.87. The minimum atomic E-state index is -0.0773. The Balaban J connectivity index is 1.68. The first kappa shape index (κ1) is 16.7. The van der Waals surface area contributed by atoms with E-state index in [4.69, 9.17) is 0 Å². The van der Waals surface area contributed by atoms with Crippen molar-refractivity contribution in [3.63, 3.8) is 0 Å². The normalized spacial score (nSPS) is 12.9. The Bertz CT molecular complexity index is 867. The molecule has 0 aliphatic carbocycles. The van der Waals surface area contributed by atoms with Gasteiger partial charge in [0.15, 0.2) is 5.78 Å².